The molecule has 1 aliphatic rings. The lowest BCUT2D eigenvalue weighted by Crippen LogP contribution is -2.36. The Hall–Kier alpha value is -0.580. The van der Waals surface area contributed by atoms with E-state index < -0.39 is 0 Å². The number of benzene rings is 1. The van der Waals surface area contributed by atoms with Gasteiger partial charge >= 0.3 is 0 Å². The number of rotatable bonds is 8. The van der Waals surface area contributed by atoms with Crippen LogP contribution in [0.2, 0.25) is 0 Å². The zero-order valence-electron chi connectivity index (χ0n) is 11.1. The summed E-state index contributed by atoms with van der Waals surface area (Å²) in [6.07, 6.45) is 4.41. The molecule has 0 aliphatic heterocycles. The highest BCUT2D eigenvalue weighted by atomic mass is 79.9. The van der Waals surface area contributed by atoms with Crippen molar-refractivity contribution in [1.82, 2.24) is 0 Å². The topological polar surface area (TPSA) is 55.5 Å². The first kappa shape index (κ1) is 14.8. The van der Waals surface area contributed by atoms with Crippen molar-refractivity contribution < 1.29 is 9.84 Å². The summed E-state index contributed by atoms with van der Waals surface area (Å²) in [5.74, 6) is 1.62. The molecule has 1 fully saturated rings. The summed E-state index contributed by atoms with van der Waals surface area (Å²) in [4.78, 5) is 0. The molecule has 1 atom stereocenters. The summed E-state index contributed by atoms with van der Waals surface area (Å²) < 4.78 is 6.76. The second-order valence-corrected chi connectivity index (χ2v) is 6.48. The molecule has 0 heterocycles. The van der Waals surface area contributed by atoms with Crippen molar-refractivity contribution >= 4 is 15.9 Å². The van der Waals surface area contributed by atoms with Gasteiger partial charge in [0.1, 0.15) is 5.75 Å². The molecule has 1 aliphatic carbocycles. The lowest BCUT2D eigenvalue weighted by atomic mass is 9.80. The Morgan fingerprint density at radius 2 is 2.21 bits per heavy atom. The number of hydrogen-bond acceptors (Lipinski definition) is 3. The molecule has 0 amide bonds. The predicted molar refractivity (Wildman–Crippen MR) is 80.2 cm³/mol. The second-order valence-electron chi connectivity index (χ2n) is 5.57. The Morgan fingerprint density at radius 3 is 2.79 bits per heavy atom. The Morgan fingerprint density at radius 1 is 1.42 bits per heavy atom. The van der Waals surface area contributed by atoms with Gasteiger partial charge in [0.15, 0.2) is 0 Å². The molecule has 0 spiro atoms. The van der Waals surface area contributed by atoms with Crippen molar-refractivity contribution in [3.63, 3.8) is 0 Å². The van der Waals surface area contributed by atoms with Crippen molar-refractivity contribution in [2.24, 2.45) is 17.1 Å². The summed E-state index contributed by atoms with van der Waals surface area (Å²) in [7, 11) is 0. The summed E-state index contributed by atoms with van der Waals surface area (Å²) in [5.41, 5.74) is 5.72. The van der Waals surface area contributed by atoms with E-state index in [9.17, 15) is 5.11 Å². The van der Waals surface area contributed by atoms with E-state index in [1.54, 1.807) is 0 Å². The molecule has 106 valence electrons. The van der Waals surface area contributed by atoms with Gasteiger partial charge in [0.25, 0.3) is 0 Å². The van der Waals surface area contributed by atoms with Gasteiger partial charge in [0.05, 0.1) is 13.2 Å². The van der Waals surface area contributed by atoms with E-state index in [1.165, 1.54) is 12.8 Å². The predicted octanol–water partition coefficient (Wildman–Crippen LogP) is 2.96. The Bertz CT molecular complexity index is 403. The fourth-order valence-corrected chi connectivity index (χ4v) is 2.75. The molecule has 1 aromatic rings. The fraction of sp³-hybridized carbons (Fsp3) is 0.600. The highest BCUT2D eigenvalue weighted by molar-refractivity contribution is 9.10. The first-order valence-corrected chi connectivity index (χ1v) is 7.66. The van der Waals surface area contributed by atoms with E-state index in [4.69, 9.17) is 10.5 Å². The highest BCUT2D eigenvalue weighted by Crippen LogP contribution is 2.41. The molecular weight excluding hydrogens is 306 g/mol. The lowest BCUT2D eigenvalue weighted by Gasteiger charge is -2.30. The van der Waals surface area contributed by atoms with Gasteiger partial charge in [-0.2, -0.15) is 0 Å². The maximum Gasteiger partial charge on any atom is 0.120 e. The van der Waals surface area contributed by atoms with Crippen molar-refractivity contribution in [3.8, 4) is 5.75 Å². The largest absolute Gasteiger partial charge is 0.494 e. The molecule has 1 saturated carbocycles. The van der Waals surface area contributed by atoms with Crippen LogP contribution < -0.4 is 10.5 Å². The van der Waals surface area contributed by atoms with Gasteiger partial charge in [0, 0.05) is 16.4 Å². The van der Waals surface area contributed by atoms with Crippen LogP contribution in [0.3, 0.4) is 0 Å². The monoisotopic (exact) mass is 327 g/mol. The second kappa shape index (κ2) is 6.73. The summed E-state index contributed by atoms with van der Waals surface area (Å²) in [5, 5.41) is 9.65. The number of halogens is 1. The minimum atomic E-state index is -0.160. The molecule has 19 heavy (non-hydrogen) atoms. The van der Waals surface area contributed by atoms with Gasteiger partial charge in [-0.3, -0.25) is 0 Å². The zero-order chi connectivity index (χ0) is 13.7. The third-order valence-electron chi connectivity index (χ3n) is 3.88. The molecule has 2 rings (SSSR count). The van der Waals surface area contributed by atoms with Crippen LogP contribution >= 0.6 is 15.9 Å². The maximum atomic E-state index is 9.65. The molecule has 3 nitrogen and oxygen atoms in total. The Labute approximate surface area is 123 Å². The zero-order valence-corrected chi connectivity index (χ0v) is 12.7. The molecular formula is C15H22BrNO2. The summed E-state index contributed by atoms with van der Waals surface area (Å²) in [6, 6.07) is 7.81. The van der Waals surface area contributed by atoms with Crippen LogP contribution in [0.25, 0.3) is 0 Å². The van der Waals surface area contributed by atoms with E-state index in [-0.39, 0.29) is 12.0 Å². The van der Waals surface area contributed by atoms with Crippen LogP contribution in [0, 0.1) is 11.3 Å². The number of ether oxygens (including phenoxy) is 1. The standard InChI is InChI=1S/C15H22BrNO2/c16-13-2-1-3-14(8-13)19-7-6-15(10-17,11-18)9-12-4-5-12/h1-3,8,12,18H,4-7,9-11,17H2. The smallest absolute Gasteiger partial charge is 0.120 e. The molecule has 1 unspecified atom stereocenters. The molecule has 0 saturated heterocycles. The molecule has 0 radical (unpaired) electrons. The molecule has 0 bridgehead atoms. The van der Waals surface area contributed by atoms with Crippen molar-refractivity contribution in [3.05, 3.63) is 28.7 Å². The number of aliphatic hydroxyl groups is 1. The average molecular weight is 328 g/mol. The first-order chi connectivity index (χ1) is 9.17. The van der Waals surface area contributed by atoms with Crippen molar-refractivity contribution in [2.45, 2.75) is 25.7 Å². The third-order valence-corrected chi connectivity index (χ3v) is 4.38. The van der Waals surface area contributed by atoms with Gasteiger partial charge in [-0.25, -0.2) is 0 Å². The number of hydrogen-bond donors (Lipinski definition) is 2. The van der Waals surface area contributed by atoms with Crippen molar-refractivity contribution in [2.75, 3.05) is 19.8 Å². The Kier molecular flexibility index (Phi) is 5.25. The van der Waals surface area contributed by atoms with Crippen LogP contribution in [-0.2, 0) is 0 Å². The van der Waals surface area contributed by atoms with Crippen LogP contribution in [0.4, 0.5) is 0 Å². The van der Waals surface area contributed by atoms with Crippen molar-refractivity contribution in [1.29, 1.82) is 0 Å². The SMILES string of the molecule is NCC(CO)(CCOc1cccc(Br)c1)CC1CC1. The van der Waals surface area contributed by atoms with Gasteiger partial charge in [0.2, 0.25) is 0 Å². The average Bonchev–Trinajstić information content (AvgIpc) is 3.21. The molecule has 0 aromatic heterocycles. The van der Waals surface area contributed by atoms with E-state index in [2.05, 4.69) is 15.9 Å². The molecule has 3 N–H and O–H groups in total. The first-order valence-electron chi connectivity index (χ1n) is 6.87. The normalized spacial score (nSPS) is 18.1. The Balaban J connectivity index is 1.84. The summed E-state index contributed by atoms with van der Waals surface area (Å²) >= 11 is 3.42. The third kappa shape index (κ3) is 4.48. The van der Waals surface area contributed by atoms with E-state index >= 15 is 0 Å². The van der Waals surface area contributed by atoms with Crippen LogP contribution in [0.15, 0.2) is 28.7 Å². The minimum Gasteiger partial charge on any atom is -0.494 e. The van der Waals surface area contributed by atoms with Gasteiger partial charge < -0.3 is 15.6 Å². The highest BCUT2D eigenvalue weighted by Gasteiger charge is 2.35. The number of aliphatic hydroxyl groups excluding tert-OH is 1. The summed E-state index contributed by atoms with van der Waals surface area (Å²) in [6.45, 7) is 1.28. The van der Waals surface area contributed by atoms with E-state index in [1.807, 2.05) is 24.3 Å². The number of nitrogens with two attached hydrogens (primary N) is 1. The van der Waals surface area contributed by atoms with E-state index in [0.717, 1.165) is 29.0 Å². The molecule has 4 heteroatoms. The minimum absolute atomic E-state index is 0.155. The van der Waals surface area contributed by atoms with Crippen LogP contribution in [-0.4, -0.2) is 24.9 Å². The lowest BCUT2D eigenvalue weighted by molar-refractivity contribution is 0.0882. The van der Waals surface area contributed by atoms with Gasteiger partial charge in [-0.15, -0.1) is 0 Å². The molecule has 1 aromatic carbocycles. The van der Waals surface area contributed by atoms with Gasteiger partial charge in [-0.05, 0) is 37.0 Å². The van der Waals surface area contributed by atoms with Crippen LogP contribution in [0.1, 0.15) is 25.7 Å². The quantitative estimate of drug-likeness (QED) is 0.771. The van der Waals surface area contributed by atoms with Crippen LogP contribution in [0.5, 0.6) is 5.75 Å². The maximum absolute atomic E-state index is 9.65. The van der Waals surface area contributed by atoms with Gasteiger partial charge in [-0.1, -0.05) is 34.8 Å². The fourth-order valence-electron chi connectivity index (χ4n) is 2.37. The van der Waals surface area contributed by atoms with E-state index in [0.29, 0.717) is 13.2 Å².